The standard InChI is InChI=1S/C46H30N4/c1-29-20-24-31(25-21-29)42-37(28-47)45(49-38-16-8-4-12-33(38)34-13-5-9-17-39(34)49)43(32-26-22-30(2)23-27-32)46(44(42)48-3)50-40-18-10-6-14-35(40)36-15-7-11-19-41(36)50/h4-27H,1-2H3. The molecular weight excluding hydrogens is 609 g/mol. The summed E-state index contributed by atoms with van der Waals surface area (Å²) in [6.45, 7) is 13.0. The van der Waals surface area contributed by atoms with E-state index in [1.165, 1.54) is 0 Å². The van der Waals surface area contributed by atoms with E-state index in [9.17, 15) is 5.26 Å². The highest BCUT2D eigenvalue weighted by atomic mass is 15.0. The van der Waals surface area contributed by atoms with Crippen molar-refractivity contribution < 1.29 is 0 Å². The van der Waals surface area contributed by atoms with Crippen molar-refractivity contribution in [1.29, 1.82) is 5.26 Å². The molecule has 50 heavy (non-hydrogen) atoms. The van der Waals surface area contributed by atoms with Crippen molar-refractivity contribution in [2.45, 2.75) is 13.8 Å². The maximum absolute atomic E-state index is 11.4. The molecule has 0 spiro atoms. The number of hydrogen-bond acceptors (Lipinski definition) is 1. The van der Waals surface area contributed by atoms with Crippen LogP contribution in [0.1, 0.15) is 16.7 Å². The van der Waals surface area contributed by atoms with E-state index in [4.69, 9.17) is 6.57 Å². The summed E-state index contributed by atoms with van der Waals surface area (Å²) in [6, 6.07) is 52.9. The number of hydrogen-bond donors (Lipinski definition) is 0. The molecule has 234 valence electrons. The number of benzene rings is 7. The maximum atomic E-state index is 11.4. The normalized spacial score (nSPS) is 11.4. The molecule has 2 heterocycles. The van der Waals surface area contributed by atoms with Crippen LogP contribution >= 0.6 is 0 Å². The van der Waals surface area contributed by atoms with Gasteiger partial charge in [0.1, 0.15) is 6.07 Å². The molecule has 0 bridgehead atoms. The van der Waals surface area contributed by atoms with E-state index in [0.717, 1.165) is 82.8 Å². The average molecular weight is 639 g/mol. The topological polar surface area (TPSA) is 38.0 Å². The number of nitriles is 1. The summed E-state index contributed by atoms with van der Waals surface area (Å²) in [5, 5.41) is 15.8. The number of aromatic nitrogens is 2. The molecule has 0 aliphatic heterocycles. The van der Waals surface area contributed by atoms with Crippen LogP contribution in [0.4, 0.5) is 5.69 Å². The highest BCUT2D eigenvalue weighted by molar-refractivity contribution is 6.14. The second kappa shape index (κ2) is 11.4. The smallest absolute Gasteiger partial charge is 0.220 e. The van der Waals surface area contributed by atoms with Crippen LogP contribution in [0, 0.1) is 31.8 Å². The summed E-state index contributed by atoms with van der Waals surface area (Å²) in [5.41, 5.74) is 11.9. The van der Waals surface area contributed by atoms with Crippen molar-refractivity contribution in [3.63, 3.8) is 0 Å². The first-order chi connectivity index (χ1) is 24.6. The molecule has 0 aliphatic carbocycles. The zero-order chi connectivity index (χ0) is 33.9. The summed E-state index contributed by atoms with van der Waals surface area (Å²) in [7, 11) is 0. The third-order valence-corrected chi connectivity index (χ3v) is 9.93. The summed E-state index contributed by atoms with van der Waals surface area (Å²) < 4.78 is 4.50. The van der Waals surface area contributed by atoms with Gasteiger partial charge in [-0.05, 0) is 49.2 Å². The van der Waals surface area contributed by atoms with Gasteiger partial charge in [-0.15, -0.1) is 0 Å². The largest absolute Gasteiger partial charge is 0.318 e. The first-order valence-electron chi connectivity index (χ1n) is 16.7. The van der Waals surface area contributed by atoms with Gasteiger partial charge in [-0.25, -0.2) is 4.85 Å². The van der Waals surface area contributed by atoms with E-state index in [1.807, 2.05) is 12.1 Å². The van der Waals surface area contributed by atoms with Gasteiger partial charge in [-0.2, -0.15) is 5.26 Å². The van der Waals surface area contributed by atoms with Crippen LogP contribution in [0.5, 0.6) is 0 Å². The molecule has 0 amide bonds. The average Bonchev–Trinajstić information content (AvgIpc) is 3.67. The lowest BCUT2D eigenvalue weighted by atomic mass is 9.88. The molecule has 0 atom stereocenters. The van der Waals surface area contributed by atoms with Gasteiger partial charge in [-0.1, -0.05) is 132 Å². The molecule has 0 radical (unpaired) electrons. The van der Waals surface area contributed by atoms with Gasteiger partial charge in [0.25, 0.3) is 0 Å². The Balaban J connectivity index is 1.62. The minimum absolute atomic E-state index is 0.442. The van der Waals surface area contributed by atoms with Gasteiger partial charge in [0.2, 0.25) is 5.69 Å². The van der Waals surface area contributed by atoms with Crippen molar-refractivity contribution in [2.75, 3.05) is 0 Å². The number of fused-ring (bicyclic) bond motifs is 6. The van der Waals surface area contributed by atoms with Crippen LogP contribution in [-0.2, 0) is 0 Å². The molecule has 0 saturated heterocycles. The molecular formula is C46H30N4. The highest BCUT2D eigenvalue weighted by Crippen LogP contribution is 2.52. The van der Waals surface area contributed by atoms with E-state index in [-0.39, 0.29) is 0 Å². The van der Waals surface area contributed by atoms with Crippen molar-refractivity contribution in [3.05, 3.63) is 174 Å². The molecule has 0 unspecified atom stereocenters. The SMILES string of the molecule is [C-]#[N+]c1c(-c2ccc(C)cc2)c(C#N)c(-n2c3ccccc3c3ccccc32)c(-c2ccc(C)cc2)c1-n1c2ccccc2c2ccccc21. The van der Waals surface area contributed by atoms with E-state index in [1.54, 1.807) is 0 Å². The number of nitrogens with zero attached hydrogens (tertiary/aromatic N) is 4. The number of para-hydroxylation sites is 4. The van der Waals surface area contributed by atoms with Crippen molar-refractivity contribution >= 4 is 49.3 Å². The summed E-state index contributed by atoms with van der Waals surface area (Å²) in [5.74, 6) is 0. The lowest BCUT2D eigenvalue weighted by Crippen LogP contribution is -2.08. The Bertz CT molecular complexity index is 2630. The Labute approximate surface area is 290 Å². The minimum atomic E-state index is 0.442. The van der Waals surface area contributed by atoms with E-state index < -0.39 is 0 Å². The van der Waals surface area contributed by atoms with Crippen molar-refractivity contribution in [3.8, 4) is 39.7 Å². The summed E-state index contributed by atoms with van der Waals surface area (Å²) >= 11 is 0. The Kier molecular flexibility index (Phi) is 6.66. The monoisotopic (exact) mass is 638 g/mol. The first-order valence-corrected chi connectivity index (χ1v) is 16.7. The third-order valence-electron chi connectivity index (χ3n) is 9.93. The molecule has 0 fully saturated rings. The van der Waals surface area contributed by atoms with Gasteiger partial charge in [0, 0.05) is 32.7 Å². The van der Waals surface area contributed by atoms with Gasteiger partial charge in [0.15, 0.2) is 0 Å². The minimum Gasteiger partial charge on any atom is -0.318 e. The van der Waals surface area contributed by atoms with Crippen LogP contribution in [0.15, 0.2) is 146 Å². The van der Waals surface area contributed by atoms with Gasteiger partial charge < -0.3 is 9.13 Å². The lowest BCUT2D eigenvalue weighted by Gasteiger charge is -2.26. The maximum Gasteiger partial charge on any atom is 0.220 e. The van der Waals surface area contributed by atoms with Crippen LogP contribution < -0.4 is 0 Å². The highest BCUT2D eigenvalue weighted by Gasteiger charge is 2.31. The van der Waals surface area contributed by atoms with Crippen molar-refractivity contribution in [1.82, 2.24) is 9.13 Å². The Morgan fingerprint density at radius 1 is 0.480 bits per heavy atom. The molecule has 0 N–H and O–H groups in total. The Morgan fingerprint density at radius 3 is 1.22 bits per heavy atom. The molecule has 2 aromatic heterocycles. The third kappa shape index (κ3) is 4.23. The Hall–Kier alpha value is -6.88. The van der Waals surface area contributed by atoms with E-state index >= 15 is 0 Å². The molecule has 0 aliphatic rings. The van der Waals surface area contributed by atoms with Gasteiger partial charge >= 0.3 is 0 Å². The quantitative estimate of drug-likeness (QED) is 0.177. The number of aryl methyl sites for hydroxylation is 2. The fourth-order valence-corrected chi connectivity index (χ4v) is 7.69. The predicted molar refractivity (Wildman–Crippen MR) is 206 cm³/mol. The van der Waals surface area contributed by atoms with Crippen LogP contribution in [-0.4, -0.2) is 9.13 Å². The zero-order valence-corrected chi connectivity index (χ0v) is 27.6. The van der Waals surface area contributed by atoms with E-state index in [2.05, 4.69) is 167 Å². The van der Waals surface area contributed by atoms with Crippen LogP contribution in [0.25, 0.3) is 82.1 Å². The second-order valence-corrected chi connectivity index (χ2v) is 12.9. The lowest BCUT2D eigenvalue weighted by molar-refractivity contribution is 1.13. The van der Waals surface area contributed by atoms with Crippen LogP contribution in [0.3, 0.4) is 0 Å². The summed E-state index contributed by atoms with van der Waals surface area (Å²) in [4.78, 5) is 4.37. The van der Waals surface area contributed by atoms with E-state index in [0.29, 0.717) is 16.8 Å². The Morgan fingerprint density at radius 2 is 0.840 bits per heavy atom. The van der Waals surface area contributed by atoms with Crippen LogP contribution in [0.2, 0.25) is 0 Å². The zero-order valence-electron chi connectivity index (χ0n) is 27.6. The molecule has 9 rings (SSSR count). The molecule has 4 heteroatoms. The predicted octanol–water partition coefficient (Wildman–Crippen LogP) is 12.3. The van der Waals surface area contributed by atoms with Crippen molar-refractivity contribution in [2.24, 2.45) is 0 Å². The molecule has 9 aromatic rings. The fourth-order valence-electron chi connectivity index (χ4n) is 7.69. The van der Waals surface area contributed by atoms with Gasteiger partial charge in [-0.3, -0.25) is 0 Å². The fraction of sp³-hybridized carbons (Fsp3) is 0.0435. The molecule has 7 aromatic carbocycles. The first kappa shape index (κ1) is 29.3. The number of rotatable bonds is 4. The molecule has 0 saturated carbocycles. The second-order valence-electron chi connectivity index (χ2n) is 12.9. The summed E-state index contributed by atoms with van der Waals surface area (Å²) in [6.07, 6.45) is 0. The molecule has 4 nitrogen and oxygen atoms in total. The van der Waals surface area contributed by atoms with Gasteiger partial charge in [0.05, 0.1) is 45.6 Å².